The van der Waals surface area contributed by atoms with Crippen molar-refractivity contribution < 1.29 is 4.79 Å². The van der Waals surface area contributed by atoms with E-state index in [-0.39, 0.29) is 11.7 Å². The van der Waals surface area contributed by atoms with E-state index in [4.69, 9.17) is 0 Å². The molecule has 1 spiro atoms. The molecule has 0 aromatic carbocycles. The summed E-state index contributed by atoms with van der Waals surface area (Å²) < 4.78 is 0. The molecule has 1 heterocycles. The molecule has 2 unspecified atom stereocenters. The molecular weight excluding hydrogens is 256 g/mol. The van der Waals surface area contributed by atoms with Crippen LogP contribution in [0, 0.1) is 5.92 Å². The van der Waals surface area contributed by atoms with Gasteiger partial charge in [-0.1, -0.05) is 33.1 Å². The van der Waals surface area contributed by atoms with Crippen LogP contribution in [0.25, 0.3) is 0 Å². The second-order valence-corrected chi connectivity index (χ2v) is 7.17. The van der Waals surface area contributed by atoms with E-state index in [9.17, 15) is 4.79 Å². The van der Waals surface area contributed by atoms with Gasteiger partial charge in [0.2, 0.25) is 5.91 Å². The maximum Gasteiger partial charge on any atom is 0.244 e. The van der Waals surface area contributed by atoms with E-state index in [0.29, 0.717) is 11.8 Å². The SMILES string of the molecule is CCCC1NC2(CCCC2)C(=O)N1CC(C)CSC. The largest absolute Gasteiger partial charge is 0.325 e. The molecule has 2 atom stereocenters. The van der Waals surface area contributed by atoms with Gasteiger partial charge in [-0.2, -0.15) is 11.8 Å². The molecule has 2 fully saturated rings. The Labute approximate surface area is 121 Å². The summed E-state index contributed by atoms with van der Waals surface area (Å²) in [7, 11) is 0. The van der Waals surface area contributed by atoms with E-state index >= 15 is 0 Å². The predicted molar refractivity (Wildman–Crippen MR) is 82.3 cm³/mol. The number of carbonyl (C=O) groups is 1. The first-order valence-electron chi connectivity index (χ1n) is 7.70. The normalized spacial score (nSPS) is 27.4. The van der Waals surface area contributed by atoms with Gasteiger partial charge in [-0.25, -0.2) is 0 Å². The summed E-state index contributed by atoms with van der Waals surface area (Å²) >= 11 is 1.87. The Morgan fingerprint density at radius 2 is 2.16 bits per heavy atom. The smallest absolute Gasteiger partial charge is 0.244 e. The maximum atomic E-state index is 12.8. The number of nitrogens with zero attached hydrogens (tertiary/aromatic N) is 1. The van der Waals surface area contributed by atoms with Crippen LogP contribution < -0.4 is 5.32 Å². The van der Waals surface area contributed by atoms with Crippen molar-refractivity contribution in [2.24, 2.45) is 5.92 Å². The van der Waals surface area contributed by atoms with Crippen LogP contribution in [-0.4, -0.2) is 41.1 Å². The first-order valence-corrected chi connectivity index (χ1v) is 9.10. The van der Waals surface area contributed by atoms with Crippen LogP contribution in [0.2, 0.25) is 0 Å². The lowest BCUT2D eigenvalue weighted by Crippen LogP contribution is -2.44. The molecule has 0 radical (unpaired) electrons. The molecule has 0 aromatic heterocycles. The first kappa shape index (κ1) is 15.2. The second kappa shape index (κ2) is 6.49. The van der Waals surface area contributed by atoms with Crippen molar-refractivity contribution >= 4 is 17.7 Å². The van der Waals surface area contributed by atoms with Crippen LogP contribution in [0.1, 0.15) is 52.4 Å². The standard InChI is InChI=1S/C15H28N2OS/c1-4-7-13-16-15(8-5-6-9-15)14(18)17(13)10-12(2)11-19-3/h12-13,16H,4-11H2,1-3H3. The molecule has 0 bridgehead atoms. The molecule has 19 heavy (non-hydrogen) atoms. The summed E-state index contributed by atoms with van der Waals surface area (Å²) in [6.07, 6.45) is 9.12. The van der Waals surface area contributed by atoms with Crippen molar-refractivity contribution in [3.05, 3.63) is 0 Å². The van der Waals surface area contributed by atoms with Gasteiger partial charge in [-0.15, -0.1) is 0 Å². The molecule has 1 aliphatic heterocycles. The van der Waals surface area contributed by atoms with Crippen molar-refractivity contribution in [3.63, 3.8) is 0 Å². The lowest BCUT2D eigenvalue weighted by atomic mass is 9.98. The summed E-state index contributed by atoms with van der Waals surface area (Å²) in [5.41, 5.74) is -0.196. The van der Waals surface area contributed by atoms with Gasteiger partial charge in [0.25, 0.3) is 0 Å². The summed E-state index contributed by atoms with van der Waals surface area (Å²) in [6, 6.07) is 0. The van der Waals surface area contributed by atoms with Crippen LogP contribution in [0.4, 0.5) is 0 Å². The third-order valence-corrected chi connectivity index (χ3v) is 5.37. The average Bonchev–Trinajstić information content (AvgIpc) is 2.93. The van der Waals surface area contributed by atoms with Gasteiger partial charge in [-0.3, -0.25) is 10.1 Å². The molecule has 0 aromatic rings. The molecule has 1 saturated carbocycles. The molecule has 1 amide bonds. The average molecular weight is 284 g/mol. The zero-order valence-corrected chi connectivity index (χ0v) is 13.4. The van der Waals surface area contributed by atoms with Gasteiger partial charge in [0.1, 0.15) is 0 Å². The highest BCUT2D eigenvalue weighted by Crippen LogP contribution is 2.37. The van der Waals surface area contributed by atoms with Crippen LogP contribution in [0.3, 0.4) is 0 Å². The number of carbonyl (C=O) groups excluding carboxylic acids is 1. The summed E-state index contributed by atoms with van der Waals surface area (Å²) in [4.78, 5) is 15.0. The Morgan fingerprint density at radius 1 is 1.47 bits per heavy atom. The Bertz CT molecular complexity index is 315. The van der Waals surface area contributed by atoms with E-state index < -0.39 is 0 Å². The molecular formula is C15H28N2OS. The summed E-state index contributed by atoms with van der Waals surface area (Å²) in [6.45, 7) is 5.38. The van der Waals surface area contributed by atoms with Crippen LogP contribution in [0.5, 0.6) is 0 Å². The van der Waals surface area contributed by atoms with E-state index in [2.05, 4.69) is 30.3 Å². The van der Waals surface area contributed by atoms with Crippen LogP contribution >= 0.6 is 11.8 Å². The highest BCUT2D eigenvalue weighted by molar-refractivity contribution is 7.98. The first-order chi connectivity index (χ1) is 9.13. The predicted octanol–water partition coefficient (Wildman–Crippen LogP) is 2.86. The van der Waals surface area contributed by atoms with Crippen molar-refractivity contribution in [3.8, 4) is 0 Å². The van der Waals surface area contributed by atoms with Gasteiger partial charge in [0.05, 0.1) is 11.7 Å². The number of amides is 1. The van der Waals surface area contributed by atoms with Gasteiger partial charge in [-0.05, 0) is 37.2 Å². The fourth-order valence-electron chi connectivity index (χ4n) is 3.60. The van der Waals surface area contributed by atoms with Crippen molar-refractivity contribution in [1.82, 2.24) is 10.2 Å². The zero-order valence-electron chi connectivity index (χ0n) is 12.6. The highest BCUT2D eigenvalue weighted by Gasteiger charge is 2.51. The third kappa shape index (κ3) is 3.10. The third-order valence-electron chi connectivity index (χ3n) is 4.47. The molecule has 1 saturated heterocycles. The lowest BCUT2D eigenvalue weighted by Gasteiger charge is -2.26. The Hall–Kier alpha value is -0.220. The molecule has 2 rings (SSSR count). The molecule has 1 aliphatic carbocycles. The summed E-state index contributed by atoms with van der Waals surface area (Å²) in [5.74, 6) is 2.10. The quantitative estimate of drug-likeness (QED) is 0.814. The van der Waals surface area contributed by atoms with Gasteiger partial charge >= 0.3 is 0 Å². The zero-order chi connectivity index (χ0) is 13.9. The highest BCUT2D eigenvalue weighted by atomic mass is 32.2. The second-order valence-electron chi connectivity index (χ2n) is 6.26. The van der Waals surface area contributed by atoms with Crippen molar-refractivity contribution in [1.29, 1.82) is 0 Å². The fourth-order valence-corrected chi connectivity index (χ4v) is 4.27. The molecule has 3 nitrogen and oxygen atoms in total. The molecule has 110 valence electrons. The number of hydrogen-bond donors (Lipinski definition) is 1. The van der Waals surface area contributed by atoms with Crippen molar-refractivity contribution in [2.75, 3.05) is 18.6 Å². The molecule has 4 heteroatoms. The van der Waals surface area contributed by atoms with Gasteiger partial charge in [0.15, 0.2) is 0 Å². The Kier molecular flexibility index (Phi) is 5.18. The maximum absolute atomic E-state index is 12.8. The van der Waals surface area contributed by atoms with Crippen LogP contribution in [-0.2, 0) is 4.79 Å². The van der Waals surface area contributed by atoms with Gasteiger partial charge < -0.3 is 4.90 Å². The van der Waals surface area contributed by atoms with E-state index in [0.717, 1.165) is 38.0 Å². The van der Waals surface area contributed by atoms with Gasteiger partial charge in [0, 0.05) is 6.54 Å². The minimum atomic E-state index is -0.196. The lowest BCUT2D eigenvalue weighted by molar-refractivity contribution is -0.133. The number of thioether (sulfide) groups is 1. The number of nitrogens with one attached hydrogen (secondary N) is 1. The number of rotatable bonds is 6. The minimum Gasteiger partial charge on any atom is -0.325 e. The van der Waals surface area contributed by atoms with E-state index in [1.54, 1.807) is 0 Å². The van der Waals surface area contributed by atoms with E-state index in [1.165, 1.54) is 12.8 Å². The topological polar surface area (TPSA) is 32.3 Å². The van der Waals surface area contributed by atoms with Crippen molar-refractivity contribution in [2.45, 2.75) is 64.1 Å². The van der Waals surface area contributed by atoms with E-state index in [1.807, 2.05) is 11.8 Å². The Balaban J connectivity index is 2.07. The van der Waals surface area contributed by atoms with Crippen LogP contribution in [0.15, 0.2) is 0 Å². The monoisotopic (exact) mass is 284 g/mol. The number of hydrogen-bond acceptors (Lipinski definition) is 3. The summed E-state index contributed by atoms with van der Waals surface area (Å²) in [5, 5.41) is 3.68. The minimum absolute atomic E-state index is 0.196. The Morgan fingerprint density at radius 3 is 2.74 bits per heavy atom. The molecule has 2 aliphatic rings. The molecule has 1 N–H and O–H groups in total. The fraction of sp³-hybridized carbons (Fsp3) is 0.933.